The standard InChI is InChI=1S/C14H21N5O2/c15-12-3-1-11(2-4-12)9-18(10-13(16)20)7-8-19-6-5-17-14(19)21/h1-4H,5-10,15H2,(H2,16,20)(H,17,21). The summed E-state index contributed by atoms with van der Waals surface area (Å²) in [6, 6.07) is 7.44. The molecule has 114 valence electrons. The van der Waals surface area contributed by atoms with Crippen LogP contribution in [-0.2, 0) is 11.3 Å². The zero-order chi connectivity index (χ0) is 15.2. The van der Waals surface area contributed by atoms with Crippen LogP contribution < -0.4 is 16.8 Å². The van der Waals surface area contributed by atoms with E-state index in [1.54, 1.807) is 4.90 Å². The Hall–Kier alpha value is -2.28. The van der Waals surface area contributed by atoms with Crippen LogP contribution in [0.4, 0.5) is 10.5 Å². The molecule has 0 unspecified atom stereocenters. The van der Waals surface area contributed by atoms with Crippen molar-refractivity contribution in [1.29, 1.82) is 0 Å². The largest absolute Gasteiger partial charge is 0.399 e. The van der Waals surface area contributed by atoms with Crippen LogP contribution in [0.15, 0.2) is 24.3 Å². The van der Waals surface area contributed by atoms with Gasteiger partial charge >= 0.3 is 6.03 Å². The number of anilines is 1. The average molecular weight is 291 g/mol. The fourth-order valence-electron chi connectivity index (χ4n) is 2.30. The Morgan fingerprint density at radius 3 is 2.62 bits per heavy atom. The first-order valence-electron chi connectivity index (χ1n) is 6.92. The maximum absolute atomic E-state index is 11.5. The van der Waals surface area contributed by atoms with Crippen LogP contribution in [0.2, 0.25) is 0 Å². The van der Waals surface area contributed by atoms with E-state index >= 15 is 0 Å². The molecule has 7 heteroatoms. The molecule has 1 fully saturated rings. The smallest absolute Gasteiger partial charge is 0.317 e. The van der Waals surface area contributed by atoms with Crippen LogP contribution in [0.1, 0.15) is 5.56 Å². The quantitative estimate of drug-likeness (QED) is 0.593. The van der Waals surface area contributed by atoms with Gasteiger partial charge in [-0.1, -0.05) is 12.1 Å². The van der Waals surface area contributed by atoms with Gasteiger partial charge < -0.3 is 21.7 Å². The molecule has 1 aliphatic heterocycles. The third kappa shape index (κ3) is 4.64. The van der Waals surface area contributed by atoms with Gasteiger partial charge in [-0.3, -0.25) is 9.69 Å². The van der Waals surface area contributed by atoms with E-state index in [1.807, 2.05) is 29.2 Å². The number of nitrogens with one attached hydrogen (secondary N) is 1. The van der Waals surface area contributed by atoms with Gasteiger partial charge in [0, 0.05) is 38.4 Å². The highest BCUT2D eigenvalue weighted by atomic mass is 16.2. The first-order valence-corrected chi connectivity index (χ1v) is 6.92. The normalized spacial score (nSPS) is 14.5. The van der Waals surface area contributed by atoms with E-state index in [9.17, 15) is 9.59 Å². The van der Waals surface area contributed by atoms with Crippen molar-refractivity contribution >= 4 is 17.6 Å². The van der Waals surface area contributed by atoms with Crippen molar-refractivity contribution in [3.63, 3.8) is 0 Å². The van der Waals surface area contributed by atoms with Crippen LogP contribution in [0.5, 0.6) is 0 Å². The monoisotopic (exact) mass is 291 g/mol. The molecule has 3 amide bonds. The van der Waals surface area contributed by atoms with Gasteiger partial charge in [0.05, 0.1) is 6.54 Å². The fourth-order valence-corrected chi connectivity index (χ4v) is 2.30. The molecule has 0 spiro atoms. The van der Waals surface area contributed by atoms with Gasteiger partial charge in [0.1, 0.15) is 0 Å². The average Bonchev–Trinajstić information content (AvgIpc) is 2.83. The number of benzene rings is 1. The van der Waals surface area contributed by atoms with Crippen LogP contribution in [0.25, 0.3) is 0 Å². The zero-order valence-electron chi connectivity index (χ0n) is 11.9. The Labute approximate surface area is 123 Å². The van der Waals surface area contributed by atoms with E-state index in [0.29, 0.717) is 38.4 Å². The molecule has 5 N–H and O–H groups in total. The highest BCUT2D eigenvalue weighted by Crippen LogP contribution is 2.09. The molecule has 0 atom stereocenters. The summed E-state index contributed by atoms with van der Waals surface area (Å²) < 4.78 is 0. The SMILES string of the molecule is NC(=O)CN(CCN1CCNC1=O)Cc1ccc(N)cc1. The number of hydrogen-bond acceptors (Lipinski definition) is 4. The van der Waals surface area contributed by atoms with Gasteiger partial charge in [0.15, 0.2) is 0 Å². The Balaban J connectivity index is 1.92. The van der Waals surface area contributed by atoms with Gasteiger partial charge in [-0.05, 0) is 17.7 Å². The zero-order valence-corrected chi connectivity index (χ0v) is 11.9. The van der Waals surface area contributed by atoms with Crippen LogP contribution >= 0.6 is 0 Å². The molecule has 1 aromatic carbocycles. The number of nitrogen functional groups attached to an aromatic ring is 1. The van der Waals surface area contributed by atoms with Crippen molar-refractivity contribution in [2.24, 2.45) is 5.73 Å². The Morgan fingerprint density at radius 1 is 1.33 bits per heavy atom. The number of nitrogens with two attached hydrogens (primary N) is 2. The van der Waals surface area contributed by atoms with Gasteiger partial charge in [-0.15, -0.1) is 0 Å². The summed E-state index contributed by atoms with van der Waals surface area (Å²) in [4.78, 5) is 26.3. The third-order valence-electron chi connectivity index (χ3n) is 3.40. The van der Waals surface area contributed by atoms with Gasteiger partial charge in [0.25, 0.3) is 0 Å². The third-order valence-corrected chi connectivity index (χ3v) is 3.40. The van der Waals surface area contributed by atoms with Crippen LogP contribution in [-0.4, -0.2) is 54.5 Å². The lowest BCUT2D eigenvalue weighted by molar-refractivity contribution is -0.119. The van der Waals surface area contributed by atoms with E-state index < -0.39 is 0 Å². The molecule has 7 nitrogen and oxygen atoms in total. The minimum atomic E-state index is -0.378. The lowest BCUT2D eigenvalue weighted by Crippen LogP contribution is -2.40. The van der Waals surface area contributed by atoms with Crippen molar-refractivity contribution in [2.75, 3.05) is 38.5 Å². The molecular formula is C14H21N5O2. The molecule has 1 saturated heterocycles. The molecule has 21 heavy (non-hydrogen) atoms. The summed E-state index contributed by atoms with van der Waals surface area (Å²) in [6.45, 7) is 3.31. The molecule has 1 aliphatic rings. The molecule has 0 radical (unpaired) electrons. The van der Waals surface area contributed by atoms with E-state index in [1.165, 1.54) is 0 Å². The summed E-state index contributed by atoms with van der Waals surface area (Å²) in [5, 5.41) is 2.75. The van der Waals surface area contributed by atoms with Gasteiger partial charge in [-0.25, -0.2) is 4.79 Å². The van der Waals surface area contributed by atoms with E-state index in [4.69, 9.17) is 11.5 Å². The Kier molecular flexibility index (Phi) is 4.99. The maximum Gasteiger partial charge on any atom is 0.317 e. The molecule has 0 saturated carbocycles. The number of primary amides is 1. The molecule has 0 bridgehead atoms. The number of amides is 3. The minimum absolute atomic E-state index is 0.0542. The van der Waals surface area contributed by atoms with E-state index in [-0.39, 0.29) is 18.5 Å². The first kappa shape index (κ1) is 15.1. The molecule has 0 aromatic heterocycles. The lowest BCUT2D eigenvalue weighted by atomic mass is 10.2. The second kappa shape index (κ2) is 6.94. The summed E-state index contributed by atoms with van der Waals surface area (Å²) >= 11 is 0. The van der Waals surface area contributed by atoms with Crippen molar-refractivity contribution in [1.82, 2.24) is 15.1 Å². The molecule has 1 heterocycles. The summed E-state index contributed by atoms with van der Waals surface area (Å²) in [5.41, 5.74) is 12.7. The second-order valence-electron chi connectivity index (χ2n) is 5.14. The number of hydrogen-bond donors (Lipinski definition) is 3. The number of carbonyl (C=O) groups is 2. The van der Waals surface area contributed by atoms with Crippen molar-refractivity contribution < 1.29 is 9.59 Å². The number of rotatable bonds is 7. The summed E-state index contributed by atoms with van der Waals surface area (Å²) in [5.74, 6) is -0.378. The number of nitrogens with zero attached hydrogens (tertiary/aromatic N) is 2. The Bertz CT molecular complexity index is 503. The minimum Gasteiger partial charge on any atom is -0.399 e. The predicted molar refractivity (Wildman–Crippen MR) is 80.3 cm³/mol. The van der Waals surface area contributed by atoms with Gasteiger partial charge in [0.2, 0.25) is 5.91 Å². The summed E-state index contributed by atoms with van der Waals surface area (Å²) in [7, 11) is 0. The van der Waals surface area contributed by atoms with Crippen molar-refractivity contribution in [3.05, 3.63) is 29.8 Å². The van der Waals surface area contributed by atoms with E-state index in [0.717, 1.165) is 5.56 Å². The van der Waals surface area contributed by atoms with Gasteiger partial charge in [-0.2, -0.15) is 0 Å². The highest BCUT2D eigenvalue weighted by molar-refractivity contribution is 5.76. The predicted octanol–water partition coefficient (Wildman–Crippen LogP) is -0.419. The van der Waals surface area contributed by atoms with Crippen LogP contribution in [0.3, 0.4) is 0 Å². The van der Waals surface area contributed by atoms with E-state index in [2.05, 4.69) is 5.32 Å². The molecule has 0 aliphatic carbocycles. The first-order chi connectivity index (χ1) is 10.0. The summed E-state index contributed by atoms with van der Waals surface area (Å²) in [6.07, 6.45) is 0. The lowest BCUT2D eigenvalue weighted by Gasteiger charge is -2.23. The number of urea groups is 1. The van der Waals surface area contributed by atoms with Crippen molar-refractivity contribution in [3.8, 4) is 0 Å². The van der Waals surface area contributed by atoms with Crippen molar-refractivity contribution in [2.45, 2.75) is 6.54 Å². The Morgan fingerprint density at radius 2 is 2.05 bits per heavy atom. The molecule has 1 aromatic rings. The molecule has 2 rings (SSSR count). The fraction of sp³-hybridized carbons (Fsp3) is 0.429. The molecular weight excluding hydrogens is 270 g/mol. The highest BCUT2D eigenvalue weighted by Gasteiger charge is 2.20. The van der Waals surface area contributed by atoms with Crippen LogP contribution in [0, 0.1) is 0 Å². The second-order valence-corrected chi connectivity index (χ2v) is 5.14. The topological polar surface area (TPSA) is 105 Å². The maximum atomic E-state index is 11.5. The number of carbonyl (C=O) groups excluding carboxylic acids is 2.